The van der Waals surface area contributed by atoms with Crippen LogP contribution in [0.4, 0.5) is 4.39 Å². The zero-order valence-corrected chi connectivity index (χ0v) is 14.0. The molecule has 0 fully saturated rings. The van der Waals surface area contributed by atoms with Crippen molar-refractivity contribution < 1.29 is 9.13 Å². The molecule has 0 saturated carbocycles. The third kappa shape index (κ3) is 3.76. The number of benzene rings is 2. The van der Waals surface area contributed by atoms with Crippen molar-refractivity contribution in [2.45, 2.75) is 6.42 Å². The van der Waals surface area contributed by atoms with Crippen LogP contribution in [-0.4, -0.2) is 23.3 Å². The molecule has 3 rings (SSSR count). The Morgan fingerprint density at radius 3 is 2.64 bits per heavy atom. The number of halogens is 1. The quantitative estimate of drug-likeness (QED) is 0.691. The van der Waals surface area contributed by atoms with E-state index in [4.69, 9.17) is 4.74 Å². The molecule has 0 spiro atoms. The molecular formula is C20H17FN2O2. The summed E-state index contributed by atoms with van der Waals surface area (Å²) in [4.78, 5) is 17.0. The molecular weight excluding hydrogens is 319 g/mol. The van der Waals surface area contributed by atoms with Crippen molar-refractivity contribution in [3.63, 3.8) is 0 Å². The molecule has 2 aromatic carbocycles. The molecule has 1 aromatic heterocycles. The number of methoxy groups -OCH3 is 1. The minimum Gasteiger partial charge on any atom is -0.384 e. The molecule has 4 nitrogen and oxygen atoms in total. The largest absolute Gasteiger partial charge is 0.384 e. The van der Waals surface area contributed by atoms with Gasteiger partial charge in [0, 0.05) is 31.7 Å². The van der Waals surface area contributed by atoms with Gasteiger partial charge in [0.15, 0.2) is 0 Å². The highest BCUT2D eigenvalue weighted by Gasteiger charge is 2.08. The van der Waals surface area contributed by atoms with Gasteiger partial charge in [-0.25, -0.2) is 9.37 Å². The van der Waals surface area contributed by atoms with Gasteiger partial charge in [0.05, 0.1) is 17.5 Å². The predicted molar refractivity (Wildman–Crippen MR) is 94.9 cm³/mol. The van der Waals surface area contributed by atoms with Crippen molar-refractivity contribution in [2.24, 2.45) is 7.05 Å². The summed E-state index contributed by atoms with van der Waals surface area (Å²) in [7, 11) is 3.32. The fourth-order valence-electron chi connectivity index (χ4n) is 2.52. The van der Waals surface area contributed by atoms with Gasteiger partial charge < -0.3 is 4.74 Å². The van der Waals surface area contributed by atoms with Crippen molar-refractivity contribution >= 4 is 10.9 Å². The van der Waals surface area contributed by atoms with Crippen LogP contribution in [0, 0.1) is 17.7 Å². The van der Waals surface area contributed by atoms with E-state index in [-0.39, 0.29) is 11.4 Å². The van der Waals surface area contributed by atoms with Crippen LogP contribution in [0.5, 0.6) is 0 Å². The average molecular weight is 336 g/mol. The van der Waals surface area contributed by atoms with Gasteiger partial charge in [0.1, 0.15) is 11.6 Å². The topological polar surface area (TPSA) is 44.1 Å². The molecule has 5 heteroatoms. The lowest BCUT2D eigenvalue weighted by Gasteiger charge is -2.08. The molecule has 126 valence electrons. The third-order valence-electron chi connectivity index (χ3n) is 3.88. The van der Waals surface area contributed by atoms with Crippen molar-refractivity contribution in [3.05, 3.63) is 75.6 Å². The number of ether oxygens (including phenoxy) is 1. The number of fused-ring (bicyclic) bond motifs is 1. The van der Waals surface area contributed by atoms with Gasteiger partial charge >= 0.3 is 0 Å². The minimum atomic E-state index is -0.321. The summed E-state index contributed by atoms with van der Waals surface area (Å²) in [6.45, 7) is 0.491. The summed E-state index contributed by atoms with van der Waals surface area (Å²) in [5.41, 5.74) is 1.81. The van der Waals surface area contributed by atoms with Crippen LogP contribution in [0.2, 0.25) is 0 Å². The van der Waals surface area contributed by atoms with Gasteiger partial charge in [-0.15, -0.1) is 0 Å². The molecule has 1 heterocycles. The van der Waals surface area contributed by atoms with Crippen LogP contribution in [0.1, 0.15) is 17.0 Å². The van der Waals surface area contributed by atoms with Gasteiger partial charge in [-0.1, -0.05) is 17.9 Å². The van der Waals surface area contributed by atoms with E-state index in [0.717, 1.165) is 5.56 Å². The number of rotatable bonds is 3. The Morgan fingerprint density at radius 2 is 1.92 bits per heavy atom. The van der Waals surface area contributed by atoms with Crippen molar-refractivity contribution in [1.82, 2.24) is 9.55 Å². The SMILES string of the molecule is COCCc1nc2cc(C#Cc3cccc(F)c3)ccc2c(=O)n1C. The smallest absolute Gasteiger partial charge is 0.261 e. The first kappa shape index (κ1) is 16.9. The standard InChI is InChI=1S/C20H17FN2O2/c1-23-19(10-11-25-2)22-18-13-15(8-9-17(18)20(23)24)7-6-14-4-3-5-16(21)12-14/h3-5,8-9,12-13H,10-11H2,1-2H3. The van der Waals surface area contributed by atoms with Crippen LogP contribution in [-0.2, 0) is 18.2 Å². The van der Waals surface area contributed by atoms with Crippen molar-refractivity contribution in [3.8, 4) is 11.8 Å². The van der Waals surface area contributed by atoms with Gasteiger partial charge in [-0.2, -0.15) is 0 Å². The second-order valence-electron chi connectivity index (χ2n) is 5.63. The lowest BCUT2D eigenvalue weighted by molar-refractivity contribution is 0.199. The monoisotopic (exact) mass is 336 g/mol. The van der Waals surface area contributed by atoms with Crippen molar-refractivity contribution in [2.75, 3.05) is 13.7 Å². The first-order valence-electron chi connectivity index (χ1n) is 7.84. The van der Waals surface area contributed by atoms with Crippen LogP contribution in [0.3, 0.4) is 0 Å². The molecule has 0 amide bonds. The molecule has 3 aromatic rings. The average Bonchev–Trinajstić information content (AvgIpc) is 2.61. The number of hydrogen-bond acceptors (Lipinski definition) is 3. The van der Waals surface area contributed by atoms with Crippen LogP contribution < -0.4 is 5.56 Å². The van der Waals surface area contributed by atoms with E-state index in [1.807, 2.05) is 0 Å². The normalized spacial score (nSPS) is 10.5. The molecule has 0 radical (unpaired) electrons. The van der Waals surface area contributed by atoms with E-state index in [2.05, 4.69) is 16.8 Å². The summed E-state index contributed by atoms with van der Waals surface area (Å²) >= 11 is 0. The van der Waals surface area contributed by atoms with Gasteiger partial charge in [-0.05, 0) is 36.4 Å². The number of hydrogen-bond donors (Lipinski definition) is 0. The Balaban J connectivity index is 2.02. The Hall–Kier alpha value is -2.97. The van der Waals surface area contributed by atoms with E-state index >= 15 is 0 Å². The maximum Gasteiger partial charge on any atom is 0.261 e. The highest BCUT2D eigenvalue weighted by molar-refractivity contribution is 5.79. The van der Waals surface area contributed by atoms with Gasteiger partial charge in [0.2, 0.25) is 0 Å². The maximum atomic E-state index is 13.2. The van der Waals surface area contributed by atoms with Crippen LogP contribution in [0.15, 0.2) is 47.3 Å². The second kappa shape index (κ2) is 7.29. The van der Waals surface area contributed by atoms with Crippen molar-refractivity contribution in [1.29, 1.82) is 0 Å². The molecule has 0 aliphatic rings. The maximum absolute atomic E-state index is 13.2. The number of nitrogens with zero attached hydrogens (tertiary/aromatic N) is 2. The first-order valence-corrected chi connectivity index (χ1v) is 7.84. The Kier molecular flexibility index (Phi) is 4.92. The molecule has 0 aliphatic heterocycles. The summed E-state index contributed by atoms with van der Waals surface area (Å²) < 4.78 is 19.8. The molecule has 0 bridgehead atoms. The molecule has 0 unspecified atom stereocenters. The molecule has 0 N–H and O–H groups in total. The molecule has 0 aliphatic carbocycles. The van der Waals surface area contributed by atoms with Crippen LogP contribution >= 0.6 is 0 Å². The Morgan fingerprint density at radius 1 is 1.16 bits per heavy atom. The molecule has 0 atom stereocenters. The zero-order chi connectivity index (χ0) is 17.8. The van der Waals surface area contributed by atoms with E-state index < -0.39 is 0 Å². The summed E-state index contributed by atoms with van der Waals surface area (Å²) in [5, 5.41) is 0.542. The molecule has 25 heavy (non-hydrogen) atoms. The van der Waals surface area contributed by atoms with Gasteiger partial charge in [0.25, 0.3) is 5.56 Å². The van der Waals surface area contributed by atoms with E-state index in [0.29, 0.717) is 35.3 Å². The minimum absolute atomic E-state index is 0.0965. The Labute approximate surface area is 144 Å². The number of aromatic nitrogens is 2. The summed E-state index contributed by atoms with van der Waals surface area (Å²) in [6.07, 6.45) is 0.553. The fraction of sp³-hybridized carbons (Fsp3) is 0.200. The molecule has 0 saturated heterocycles. The van der Waals surface area contributed by atoms with E-state index in [1.165, 1.54) is 12.1 Å². The second-order valence-corrected chi connectivity index (χ2v) is 5.63. The third-order valence-corrected chi connectivity index (χ3v) is 3.88. The highest BCUT2D eigenvalue weighted by atomic mass is 19.1. The fourth-order valence-corrected chi connectivity index (χ4v) is 2.52. The van der Waals surface area contributed by atoms with Crippen LogP contribution in [0.25, 0.3) is 10.9 Å². The Bertz CT molecular complexity index is 1040. The van der Waals surface area contributed by atoms with E-state index in [9.17, 15) is 9.18 Å². The predicted octanol–water partition coefficient (Wildman–Crippen LogP) is 2.66. The van der Waals surface area contributed by atoms with E-state index in [1.54, 1.807) is 49.1 Å². The lowest BCUT2D eigenvalue weighted by Crippen LogP contribution is -2.23. The summed E-state index contributed by atoms with van der Waals surface area (Å²) in [5.74, 6) is 6.25. The van der Waals surface area contributed by atoms with Gasteiger partial charge in [-0.3, -0.25) is 9.36 Å². The summed E-state index contributed by atoms with van der Waals surface area (Å²) in [6, 6.07) is 11.4. The first-order chi connectivity index (χ1) is 12.1. The lowest BCUT2D eigenvalue weighted by atomic mass is 10.1. The zero-order valence-electron chi connectivity index (χ0n) is 14.0. The highest BCUT2D eigenvalue weighted by Crippen LogP contribution is 2.11.